The second kappa shape index (κ2) is 6.89. The lowest BCUT2D eigenvalue weighted by Crippen LogP contribution is -2.00. The summed E-state index contributed by atoms with van der Waals surface area (Å²) < 4.78 is 8.10. The third kappa shape index (κ3) is 2.72. The van der Waals surface area contributed by atoms with E-state index in [1.54, 1.807) is 7.11 Å². The number of ether oxygens (including phenoxy) is 1. The lowest BCUT2D eigenvalue weighted by Gasteiger charge is -2.11. The Morgan fingerprint density at radius 3 is 2.35 bits per heavy atom. The van der Waals surface area contributed by atoms with Gasteiger partial charge in [0.25, 0.3) is 0 Å². The van der Waals surface area contributed by atoms with E-state index >= 15 is 0 Å². The van der Waals surface area contributed by atoms with Gasteiger partial charge in [-0.05, 0) is 47.5 Å². The minimum atomic E-state index is 0.0455. The standard InChI is InChI=1S/C27H22N2O2/c1-31-26-14-18(13-22-19-6-2-4-8-23(19)28-27(22)26)15-29-24-9-5-3-7-20(24)21-12-17(16-30)10-11-25(21)29/h2-14,28,30H,15-16H2,1H3. The maximum atomic E-state index is 9.61. The number of methoxy groups -OCH3 is 1. The zero-order chi connectivity index (χ0) is 20.9. The van der Waals surface area contributed by atoms with E-state index in [1.165, 1.54) is 32.6 Å². The number of hydrogen-bond acceptors (Lipinski definition) is 2. The van der Waals surface area contributed by atoms with E-state index in [2.05, 4.69) is 76.3 Å². The maximum Gasteiger partial charge on any atom is 0.143 e. The molecule has 0 spiro atoms. The number of para-hydroxylation sites is 2. The largest absolute Gasteiger partial charge is 0.495 e. The fourth-order valence-corrected chi connectivity index (χ4v) is 4.78. The van der Waals surface area contributed by atoms with Gasteiger partial charge in [-0.1, -0.05) is 42.5 Å². The van der Waals surface area contributed by atoms with Gasteiger partial charge >= 0.3 is 0 Å². The summed E-state index contributed by atoms with van der Waals surface area (Å²) in [5, 5.41) is 14.4. The minimum absolute atomic E-state index is 0.0455. The first-order valence-electron chi connectivity index (χ1n) is 10.4. The molecule has 31 heavy (non-hydrogen) atoms. The van der Waals surface area contributed by atoms with Crippen LogP contribution in [0.15, 0.2) is 78.9 Å². The second-order valence-corrected chi connectivity index (χ2v) is 8.00. The molecule has 6 aromatic rings. The zero-order valence-electron chi connectivity index (χ0n) is 17.2. The van der Waals surface area contributed by atoms with Gasteiger partial charge in [-0.15, -0.1) is 0 Å². The van der Waals surface area contributed by atoms with Crippen molar-refractivity contribution < 1.29 is 9.84 Å². The van der Waals surface area contributed by atoms with Crippen molar-refractivity contribution in [3.63, 3.8) is 0 Å². The quantitative estimate of drug-likeness (QED) is 0.378. The number of benzene rings is 4. The van der Waals surface area contributed by atoms with Crippen molar-refractivity contribution in [3.8, 4) is 5.75 Å². The first-order valence-corrected chi connectivity index (χ1v) is 10.4. The van der Waals surface area contributed by atoms with E-state index in [-0.39, 0.29) is 6.61 Å². The molecule has 0 saturated carbocycles. The first kappa shape index (κ1) is 18.0. The average molecular weight is 406 g/mol. The van der Waals surface area contributed by atoms with Crippen LogP contribution in [0.5, 0.6) is 5.75 Å². The number of aromatic nitrogens is 2. The van der Waals surface area contributed by atoms with E-state index in [0.29, 0.717) is 0 Å². The van der Waals surface area contributed by atoms with Gasteiger partial charge in [0.15, 0.2) is 0 Å². The molecule has 4 heteroatoms. The Bertz CT molecular complexity index is 1590. The van der Waals surface area contributed by atoms with Gasteiger partial charge in [-0.3, -0.25) is 0 Å². The predicted molar refractivity (Wildman–Crippen MR) is 127 cm³/mol. The molecule has 0 aliphatic carbocycles. The molecular weight excluding hydrogens is 384 g/mol. The summed E-state index contributed by atoms with van der Waals surface area (Å²) >= 11 is 0. The summed E-state index contributed by atoms with van der Waals surface area (Å²) in [5.41, 5.74) is 6.60. The highest BCUT2D eigenvalue weighted by atomic mass is 16.5. The van der Waals surface area contributed by atoms with Crippen LogP contribution in [0.2, 0.25) is 0 Å². The summed E-state index contributed by atoms with van der Waals surface area (Å²) in [7, 11) is 1.72. The van der Waals surface area contributed by atoms with Crippen LogP contribution in [0.25, 0.3) is 43.6 Å². The molecule has 2 N–H and O–H groups in total. The highest BCUT2D eigenvalue weighted by Crippen LogP contribution is 2.35. The topological polar surface area (TPSA) is 50.2 Å². The van der Waals surface area contributed by atoms with E-state index < -0.39 is 0 Å². The Hall–Kier alpha value is -3.76. The van der Waals surface area contributed by atoms with Crippen LogP contribution >= 0.6 is 0 Å². The average Bonchev–Trinajstić information content (AvgIpc) is 3.34. The molecule has 0 radical (unpaired) electrons. The van der Waals surface area contributed by atoms with E-state index in [0.717, 1.165) is 34.4 Å². The first-order chi connectivity index (χ1) is 15.3. The lowest BCUT2D eigenvalue weighted by molar-refractivity contribution is 0.282. The molecule has 0 bridgehead atoms. The van der Waals surface area contributed by atoms with Crippen molar-refractivity contribution in [2.75, 3.05) is 7.11 Å². The summed E-state index contributed by atoms with van der Waals surface area (Å²) in [6.07, 6.45) is 0. The molecule has 152 valence electrons. The number of rotatable bonds is 4. The number of nitrogens with one attached hydrogen (secondary N) is 1. The van der Waals surface area contributed by atoms with Gasteiger partial charge in [0.1, 0.15) is 5.75 Å². The maximum absolute atomic E-state index is 9.61. The Kier molecular flexibility index (Phi) is 4.01. The molecule has 0 unspecified atom stereocenters. The normalized spacial score (nSPS) is 11.8. The third-order valence-corrected chi connectivity index (χ3v) is 6.22. The number of nitrogens with zero attached hydrogens (tertiary/aromatic N) is 1. The van der Waals surface area contributed by atoms with E-state index in [1.807, 2.05) is 12.1 Å². The minimum Gasteiger partial charge on any atom is -0.495 e. The number of hydrogen-bond donors (Lipinski definition) is 2. The number of fused-ring (bicyclic) bond motifs is 6. The van der Waals surface area contributed by atoms with Crippen LogP contribution in [-0.4, -0.2) is 21.8 Å². The molecule has 4 aromatic carbocycles. The summed E-state index contributed by atoms with van der Waals surface area (Å²) in [6.45, 7) is 0.776. The Morgan fingerprint density at radius 2 is 1.52 bits per heavy atom. The van der Waals surface area contributed by atoms with E-state index in [4.69, 9.17) is 4.74 Å². The smallest absolute Gasteiger partial charge is 0.143 e. The van der Waals surface area contributed by atoms with Crippen molar-refractivity contribution in [3.05, 3.63) is 90.0 Å². The van der Waals surface area contributed by atoms with Gasteiger partial charge in [0.2, 0.25) is 0 Å². The van der Waals surface area contributed by atoms with Gasteiger partial charge in [-0.25, -0.2) is 0 Å². The summed E-state index contributed by atoms with van der Waals surface area (Å²) in [4.78, 5) is 3.50. The lowest BCUT2D eigenvalue weighted by atomic mass is 10.1. The molecular formula is C27H22N2O2. The van der Waals surface area contributed by atoms with Crippen molar-refractivity contribution in [2.45, 2.75) is 13.2 Å². The molecule has 0 amide bonds. The number of H-pyrrole nitrogens is 1. The molecule has 2 aromatic heterocycles. The van der Waals surface area contributed by atoms with Crippen LogP contribution in [0.3, 0.4) is 0 Å². The van der Waals surface area contributed by atoms with Crippen molar-refractivity contribution in [1.29, 1.82) is 0 Å². The van der Waals surface area contributed by atoms with Crippen molar-refractivity contribution >= 4 is 43.6 Å². The fourth-order valence-electron chi connectivity index (χ4n) is 4.78. The van der Waals surface area contributed by atoms with Crippen LogP contribution in [0.1, 0.15) is 11.1 Å². The van der Waals surface area contributed by atoms with Crippen LogP contribution in [0, 0.1) is 0 Å². The predicted octanol–water partition coefficient (Wildman–Crippen LogP) is 5.98. The molecule has 0 aliphatic rings. The molecule has 0 saturated heterocycles. The van der Waals surface area contributed by atoms with Gasteiger partial charge < -0.3 is 19.4 Å². The van der Waals surface area contributed by atoms with Gasteiger partial charge in [0.05, 0.1) is 19.2 Å². The number of aliphatic hydroxyl groups excluding tert-OH is 1. The molecule has 0 aliphatic heterocycles. The number of aromatic amines is 1. The molecule has 2 heterocycles. The zero-order valence-corrected chi connectivity index (χ0v) is 17.2. The Balaban J connectivity index is 1.59. The van der Waals surface area contributed by atoms with Crippen LogP contribution in [-0.2, 0) is 13.2 Å². The van der Waals surface area contributed by atoms with Crippen molar-refractivity contribution in [2.24, 2.45) is 0 Å². The monoisotopic (exact) mass is 406 g/mol. The van der Waals surface area contributed by atoms with E-state index in [9.17, 15) is 5.11 Å². The Morgan fingerprint density at radius 1 is 0.774 bits per heavy atom. The fraction of sp³-hybridized carbons (Fsp3) is 0.111. The third-order valence-electron chi connectivity index (χ3n) is 6.22. The summed E-state index contributed by atoms with van der Waals surface area (Å²) in [6, 6.07) is 27.4. The van der Waals surface area contributed by atoms with Crippen LogP contribution < -0.4 is 4.74 Å². The highest BCUT2D eigenvalue weighted by Gasteiger charge is 2.14. The summed E-state index contributed by atoms with van der Waals surface area (Å²) in [5.74, 6) is 0.854. The molecule has 4 nitrogen and oxygen atoms in total. The van der Waals surface area contributed by atoms with Crippen molar-refractivity contribution in [1.82, 2.24) is 9.55 Å². The second-order valence-electron chi connectivity index (χ2n) is 8.00. The molecule has 0 fully saturated rings. The highest BCUT2D eigenvalue weighted by molar-refractivity contribution is 6.10. The molecule has 0 atom stereocenters. The van der Waals surface area contributed by atoms with Gasteiger partial charge in [-0.2, -0.15) is 0 Å². The SMILES string of the molecule is COc1cc(Cn2c3ccccc3c3cc(CO)ccc32)cc2c1[nH]c1ccccc12. The number of aliphatic hydroxyl groups is 1. The Labute approximate surface area is 179 Å². The van der Waals surface area contributed by atoms with Crippen LogP contribution in [0.4, 0.5) is 0 Å². The van der Waals surface area contributed by atoms with Gasteiger partial charge in [0, 0.05) is 44.6 Å². The molecule has 6 rings (SSSR count).